The molecule has 1 fully saturated rings. The fourth-order valence-corrected chi connectivity index (χ4v) is 2.78. The van der Waals surface area contributed by atoms with E-state index in [0.29, 0.717) is 11.5 Å². The number of rotatable bonds is 5. The Kier molecular flexibility index (Phi) is 4.82. The number of nitrogens with one attached hydrogen (secondary N) is 1. The molecule has 2 rings (SSSR count). The topological polar surface area (TPSA) is 71.3 Å². The van der Waals surface area contributed by atoms with E-state index in [-0.39, 0.29) is 12.0 Å². The molecule has 1 aromatic rings. The molecular formula is C15H22N2O3. The smallest absolute Gasteiger partial charge is 0.308 e. The van der Waals surface area contributed by atoms with Crippen LogP contribution in [0.15, 0.2) is 17.1 Å². The number of aromatic nitrogens is 1. The zero-order valence-electron chi connectivity index (χ0n) is 11.9. The van der Waals surface area contributed by atoms with Crippen molar-refractivity contribution in [2.75, 3.05) is 12.0 Å². The van der Waals surface area contributed by atoms with Gasteiger partial charge in [0, 0.05) is 18.3 Å². The zero-order valence-corrected chi connectivity index (χ0v) is 11.9. The van der Waals surface area contributed by atoms with E-state index in [2.05, 4.69) is 5.43 Å². The van der Waals surface area contributed by atoms with Gasteiger partial charge in [0.1, 0.15) is 0 Å². The molecule has 2 N–H and O–H groups in total. The van der Waals surface area contributed by atoms with Crippen molar-refractivity contribution in [3.8, 4) is 0 Å². The summed E-state index contributed by atoms with van der Waals surface area (Å²) in [4.78, 5) is 23.1. The van der Waals surface area contributed by atoms with Crippen molar-refractivity contribution in [1.29, 1.82) is 0 Å². The summed E-state index contributed by atoms with van der Waals surface area (Å²) in [6.45, 7) is 2.54. The molecule has 0 radical (unpaired) electrons. The fraction of sp³-hybridized carbons (Fsp3) is 0.600. The molecule has 1 aromatic heterocycles. The van der Waals surface area contributed by atoms with Crippen LogP contribution in [0.4, 0.5) is 0 Å². The van der Waals surface area contributed by atoms with Crippen LogP contribution in [0.25, 0.3) is 0 Å². The second kappa shape index (κ2) is 6.59. The van der Waals surface area contributed by atoms with Gasteiger partial charge in [-0.25, -0.2) is 4.68 Å². The van der Waals surface area contributed by atoms with Crippen molar-refractivity contribution < 1.29 is 9.90 Å². The molecular weight excluding hydrogens is 256 g/mol. The van der Waals surface area contributed by atoms with Crippen molar-refractivity contribution in [3.05, 3.63) is 33.7 Å². The number of hydrogen-bond donors (Lipinski definition) is 2. The number of hydrogen-bond acceptors (Lipinski definition) is 3. The third-order valence-corrected chi connectivity index (χ3v) is 4.03. The van der Waals surface area contributed by atoms with Gasteiger partial charge in [-0.2, -0.15) is 0 Å². The van der Waals surface area contributed by atoms with Crippen LogP contribution in [-0.4, -0.2) is 22.3 Å². The third-order valence-electron chi connectivity index (χ3n) is 4.03. The molecule has 5 heteroatoms. The number of carboxylic acids is 1. The summed E-state index contributed by atoms with van der Waals surface area (Å²) in [5.41, 5.74) is 3.97. The molecule has 20 heavy (non-hydrogen) atoms. The molecule has 0 aromatic carbocycles. The zero-order chi connectivity index (χ0) is 14.5. The maximum atomic E-state index is 12.2. The third kappa shape index (κ3) is 3.62. The molecule has 1 aliphatic rings. The minimum absolute atomic E-state index is 0.226. The van der Waals surface area contributed by atoms with Gasteiger partial charge in [-0.3, -0.25) is 9.59 Å². The quantitative estimate of drug-likeness (QED) is 0.863. The fourth-order valence-electron chi connectivity index (χ4n) is 2.78. The summed E-state index contributed by atoms with van der Waals surface area (Å²) in [5, 5.41) is 8.87. The van der Waals surface area contributed by atoms with Crippen molar-refractivity contribution in [2.45, 2.75) is 45.4 Å². The first-order valence-electron chi connectivity index (χ1n) is 7.24. The number of carbonyl (C=O) groups is 1. The van der Waals surface area contributed by atoms with E-state index < -0.39 is 5.97 Å². The summed E-state index contributed by atoms with van der Waals surface area (Å²) in [5.74, 6) is -0.366. The first-order chi connectivity index (χ1) is 9.58. The Morgan fingerprint density at radius 3 is 2.75 bits per heavy atom. The van der Waals surface area contributed by atoms with E-state index in [1.165, 1.54) is 36.8 Å². The van der Waals surface area contributed by atoms with E-state index >= 15 is 0 Å². The Morgan fingerprint density at radius 2 is 2.10 bits per heavy atom. The van der Waals surface area contributed by atoms with Gasteiger partial charge in [0.2, 0.25) is 0 Å². The molecule has 0 aliphatic heterocycles. The van der Waals surface area contributed by atoms with Crippen LogP contribution >= 0.6 is 0 Å². The first-order valence-corrected chi connectivity index (χ1v) is 7.24. The van der Waals surface area contributed by atoms with Gasteiger partial charge in [-0.05, 0) is 37.3 Å². The largest absolute Gasteiger partial charge is 0.481 e. The predicted octanol–water partition coefficient (Wildman–Crippen LogP) is 1.91. The van der Waals surface area contributed by atoms with E-state index in [1.54, 1.807) is 19.2 Å². The first kappa shape index (κ1) is 14.6. The summed E-state index contributed by atoms with van der Waals surface area (Å²) in [6.07, 6.45) is 7.70. The van der Waals surface area contributed by atoms with Crippen molar-refractivity contribution in [1.82, 2.24) is 4.68 Å². The molecule has 0 saturated heterocycles. The van der Waals surface area contributed by atoms with Crippen LogP contribution in [0.2, 0.25) is 0 Å². The minimum atomic E-state index is -0.977. The van der Waals surface area contributed by atoms with Crippen LogP contribution in [0.3, 0.4) is 0 Å². The van der Waals surface area contributed by atoms with Crippen LogP contribution in [0.1, 0.15) is 43.2 Å². The maximum Gasteiger partial charge on any atom is 0.308 e. The lowest BCUT2D eigenvalue weighted by atomic mass is 9.89. The molecule has 5 nitrogen and oxygen atoms in total. The summed E-state index contributed by atoms with van der Waals surface area (Å²) >= 11 is 0. The Bertz CT molecular complexity index is 530. The van der Waals surface area contributed by atoms with Crippen molar-refractivity contribution in [2.24, 2.45) is 5.92 Å². The van der Waals surface area contributed by atoms with Crippen molar-refractivity contribution in [3.63, 3.8) is 0 Å². The minimum Gasteiger partial charge on any atom is -0.481 e. The second-order valence-electron chi connectivity index (χ2n) is 5.59. The van der Waals surface area contributed by atoms with E-state index in [4.69, 9.17) is 5.11 Å². The molecule has 0 spiro atoms. The summed E-state index contributed by atoms with van der Waals surface area (Å²) in [6, 6.07) is 1.79. The number of aliphatic carboxylic acids is 1. The standard InChI is InChI=1S/C15H22N2O3/c1-11-7-8-17(15(20)13(11)9-14(18)19)16-10-12-5-3-2-4-6-12/h7-8,12,16H,2-6,9-10H2,1H3,(H,18,19). The van der Waals surface area contributed by atoms with E-state index in [0.717, 1.165) is 12.1 Å². The number of nitrogens with zero attached hydrogens (tertiary/aromatic N) is 1. The average molecular weight is 278 g/mol. The van der Waals surface area contributed by atoms with Gasteiger partial charge >= 0.3 is 5.97 Å². The molecule has 0 unspecified atom stereocenters. The summed E-state index contributed by atoms with van der Waals surface area (Å²) in [7, 11) is 0. The molecule has 1 aliphatic carbocycles. The molecule has 0 amide bonds. The van der Waals surface area contributed by atoms with E-state index in [1.807, 2.05) is 0 Å². The molecule has 0 atom stereocenters. The Hall–Kier alpha value is -1.78. The lowest BCUT2D eigenvalue weighted by Crippen LogP contribution is -2.35. The second-order valence-corrected chi connectivity index (χ2v) is 5.59. The van der Waals surface area contributed by atoms with Crippen LogP contribution < -0.4 is 11.0 Å². The predicted molar refractivity (Wildman–Crippen MR) is 77.6 cm³/mol. The number of pyridine rings is 1. The van der Waals surface area contributed by atoms with Gasteiger partial charge in [-0.1, -0.05) is 19.3 Å². The normalized spacial score (nSPS) is 16.1. The van der Waals surface area contributed by atoms with Gasteiger partial charge < -0.3 is 10.5 Å². The van der Waals surface area contributed by atoms with E-state index in [9.17, 15) is 9.59 Å². The Labute approximate surface area is 118 Å². The van der Waals surface area contributed by atoms with Crippen molar-refractivity contribution >= 4 is 5.97 Å². The Morgan fingerprint density at radius 1 is 1.40 bits per heavy atom. The summed E-state index contributed by atoms with van der Waals surface area (Å²) < 4.78 is 1.43. The highest BCUT2D eigenvalue weighted by Crippen LogP contribution is 2.22. The van der Waals surface area contributed by atoms with Gasteiger partial charge in [0.05, 0.1) is 6.42 Å². The number of aryl methyl sites for hydroxylation is 1. The highest BCUT2D eigenvalue weighted by Gasteiger charge is 2.14. The molecule has 110 valence electrons. The van der Waals surface area contributed by atoms with Crippen LogP contribution in [0, 0.1) is 12.8 Å². The van der Waals surface area contributed by atoms with Gasteiger partial charge in [-0.15, -0.1) is 0 Å². The molecule has 1 saturated carbocycles. The SMILES string of the molecule is Cc1ccn(NCC2CCCCC2)c(=O)c1CC(=O)O. The monoisotopic (exact) mass is 278 g/mol. The Balaban J connectivity index is 2.07. The van der Waals surface area contributed by atoms with Gasteiger partial charge in [0.15, 0.2) is 0 Å². The highest BCUT2D eigenvalue weighted by molar-refractivity contribution is 5.70. The average Bonchev–Trinajstić information content (AvgIpc) is 2.43. The van der Waals surface area contributed by atoms with Crippen LogP contribution in [-0.2, 0) is 11.2 Å². The lowest BCUT2D eigenvalue weighted by molar-refractivity contribution is -0.136. The molecule has 1 heterocycles. The van der Waals surface area contributed by atoms with Crippen LogP contribution in [0.5, 0.6) is 0 Å². The lowest BCUT2D eigenvalue weighted by Gasteiger charge is -2.23. The number of carboxylic acid groups (broad SMARTS) is 1. The highest BCUT2D eigenvalue weighted by atomic mass is 16.4. The van der Waals surface area contributed by atoms with Gasteiger partial charge in [0.25, 0.3) is 5.56 Å². The maximum absolute atomic E-state index is 12.2. The molecule has 0 bridgehead atoms.